The van der Waals surface area contributed by atoms with Gasteiger partial charge in [0.2, 0.25) is 0 Å². The van der Waals surface area contributed by atoms with Crippen LogP contribution in [0.5, 0.6) is 0 Å². The zero-order chi connectivity index (χ0) is 9.26. The summed E-state index contributed by atoms with van der Waals surface area (Å²) in [4.78, 5) is 2.11. The van der Waals surface area contributed by atoms with Crippen LogP contribution in [0, 0.1) is 6.07 Å². The van der Waals surface area contributed by atoms with E-state index in [-0.39, 0.29) is 29.6 Å². The molecule has 2 rings (SSSR count). The largest absolute Gasteiger partial charge is 1.00 e. The third kappa shape index (κ3) is 2.11. The van der Waals surface area contributed by atoms with Gasteiger partial charge in [-0.25, -0.2) is 0 Å². The Bertz CT molecular complexity index is 418. The third-order valence-electron chi connectivity index (χ3n) is 2.16. The van der Waals surface area contributed by atoms with Crippen LogP contribution in [0.15, 0.2) is 36.4 Å². The SMILES string of the molecule is CN(C)c1cccc2ccc[c-]c12.[Na+]. The Hall–Kier alpha value is -0.500. The van der Waals surface area contributed by atoms with Gasteiger partial charge in [0.05, 0.1) is 0 Å². The van der Waals surface area contributed by atoms with Gasteiger partial charge in [-0.2, -0.15) is 0 Å². The van der Waals surface area contributed by atoms with Gasteiger partial charge in [-0.05, 0) is 19.8 Å². The number of anilines is 1. The van der Waals surface area contributed by atoms with Gasteiger partial charge in [0, 0.05) is 0 Å². The number of hydrogen-bond donors (Lipinski definition) is 0. The monoisotopic (exact) mass is 193 g/mol. The molecule has 0 unspecified atom stereocenters. The zero-order valence-corrected chi connectivity index (χ0v) is 10.9. The van der Waals surface area contributed by atoms with E-state index in [0.29, 0.717) is 0 Å². The molecule has 2 aromatic carbocycles. The molecular weight excluding hydrogens is 181 g/mol. The van der Waals surface area contributed by atoms with Crippen molar-refractivity contribution in [2.24, 2.45) is 0 Å². The van der Waals surface area contributed by atoms with Crippen molar-refractivity contribution in [1.29, 1.82) is 0 Å². The topological polar surface area (TPSA) is 3.24 Å². The summed E-state index contributed by atoms with van der Waals surface area (Å²) >= 11 is 0. The van der Waals surface area contributed by atoms with E-state index in [0.717, 1.165) is 0 Å². The first-order valence-corrected chi connectivity index (χ1v) is 4.36. The Morgan fingerprint density at radius 2 is 1.79 bits per heavy atom. The number of fused-ring (bicyclic) bond motifs is 1. The molecule has 0 spiro atoms. The summed E-state index contributed by atoms with van der Waals surface area (Å²) < 4.78 is 0. The molecule has 0 amide bonds. The molecule has 0 aromatic heterocycles. The first kappa shape index (κ1) is 11.6. The number of benzene rings is 2. The van der Waals surface area contributed by atoms with Crippen LogP contribution < -0.4 is 34.5 Å². The van der Waals surface area contributed by atoms with Gasteiger partial charge < -0.3 is 4.90 Å². The maximum atomic E-state index is 3.26. The molecule has 0 fully saturated rings. The van der Waals surface area contributed by atoms with Crippen LogP contribution in [0.2, 0.25) is 0 Å². The molecule has 0 N–H and O–H groups in total. The second-order valence-electron chi connectivity index (χ2n) is 3.31. The zero-order valence-electron chi connectivity index (χ0n) is 8.91. The average Bonchev–Trinajstić information content (AvgIpc) is 2.17. The fraction of sp³-hybridized carbons (Fsp3) is 0.167. The van der Waals surface area contributed by atoms with Gasteiger partial charge in [0.25, 0.3) is 0 Å². The summed E-state index contributed by atoms with van der Waals surface area (Å²) in [6.45, 7) is 0. The van der Waals surface area contributed by atoms with Crippen molar-refractivity contribution in [2.75, 3.05) is 19.0 Å². The van der Waals surface area contributed by atoms with E-state index < -0.39 is 0 Å². The molecule has 0 radical (unpaired) electrons. The molecule has 66 valence electrons. The minimum Gasteiger partial charge on any atom is -0.415 e. The summed E-state index contributed by atoms with van der Waals surface area (Å²) in [5, 5.41) is 2.43. The van der Waals surface area contributed by atoms with E-state index in [4.69, 9.17) is 0 Å². The fourth-order valence-electron chi connectivity index (χ4n) is 1.51. The van der Waals surface area contributed by atoms with Crippen LogP contribution in [0.3, 0.4) is 0 Å². The fourth-order valence-corrected chi connectivity index (χ4v) is 1.51. The van der Waals surface area contributed by atoms with Crippen LogP contribution in [0.25, 0.3) is 10.8 Å². The average molecular weight is 193 g/mol. The second-order valence-corrected chi connectivity index (χ2v) is 3.31. The summed E-state index contributed by atoms with van der Waals surface area (Å²) in [5.41, 5.74) is 1.22. The Morgan fingerprint density at radius 1 is 1.07 bits per heavy atom. The van der Waals surface area contributed by atoms with E-state index in [2.05, 4.69) is 49.3 Å². The first-order valence-electron chi connectivity index (χ1n) is 4.36. The summed E-state index contributed by atoms with van der Waals surface area (Å²) in [7, 11) is 4.10. The Kier molecular flexibility index (Phi) is 3.99. The molecule has 2 aromatic rings. The second kappa shape index (κ2) is 4.83. The van der Waals surface area contributed by atoms with Gasteiger partial charge in [0.1, 0.15) is 0 Å². The molecule has 0 heterocycles. The van der Waals surface area contributed by atoms with Crippen LogP contribution in [0.1, 0.15) is 0 Å². The van der Waals surface area contributed by atoms with Gasteiger partial charge in [-0.3, -0.25) is 0 Å². The summed E-state index contributed by atoms with van der Waals surface area (Å²) in [6.07, 6.45) is 0. The maximum Gasteiger partial charge on any atom is 1.00 e. The van der Waals surface area contributed by atoms with Crippen LogP contribution in [-0.4, -0.2) is 14.1 Å². The maximum absolute atomic E-state index is 3.26. The number of nitrogens with zero attached hydrogens (tertiary/aromatic N) is 1. The predicted octanol–water partition coefficient (Wildman–Crippen LogP) is -0.290. The van der Waals surface area contributed by atoms with Crippen molar-refractivity contribution in [1.82, 2.24) is 0 Å². The standard InChI is InChI=1S/C12H12N.Na/c1-13(2)12-9-5-7-10-6-3-4-8-11(10)12;/h3-7,9H,1-2H3;/q-1;+1. The molecule has 0 bridgehead atoms. The molecule has 0 atom stereocenters. The Balaban J connectivity index is 0.000000980. The summed E-state index contributed by atoms with van der Waals surface area (Å²) in [6, 6.07) is 15.6. The van der Waals surface area contributed by atoms with Gasteiger partial charge in [0.15, 0.2) is 0 Å². The van der Waals surface area contributed by atoms with Crippen molar-refractivity contribution in [2.45, 2.75) is 0 Å². The van der Waals surface area contributed by atoms with Crippen LogP contribution in [0.4, 0.5) is 5.69 Å². The van der Waals surface area contributed by atoms with E-state index in [1.54, 1.807) is 0 Å². The molecule has 0 saturated carbocycles. The van der Waals surface area contributed by atoms with E-state index >= 15 is 0 Å². The number of hydrogen-bond acceptors (Lipinski definition) is 1. The first-order chi connectivity index (χ1) is 6.29. The van der Waals surface area contributed by atoms with Gasteiger partial charge in [-0.15, -0.1) is 35.0 Å². The minimum atomic E-state index is 0. The van der Waals surface area contributed by atoms with Crippen molar-refractivity contribution in [3.8, 4) is 0 Å². The molecule has 2 heteroatoms. The molecule has 0 aliphatic carbocycles. The van der Waals surface area contributed by atoms with Crippen molar-refractivity contribution in [3.05, 3.63) is 42.5 Å². The quantitative estimate of drug-likeness (QED) is 0.444. The van der Waals surface area contributed by atoms with Crippen molar-refractivity contribution in [3.63, 3.8) is 0 Å². The van der Waals surface area contributed by atoms with Gasteiger partial charge in [-0.1, -0.05) is 18.2 Å². The summed E-state index contributed by atoms with van der Waals surface area (Å²) in [5.74, 6) is 0. The predicted molar refractivity (Wildman–Crippen MR) is 57.1 cm³/mol. The van der Waals surface area contributed by atoms with E-state index in [1.165, 1.54) is 16.5 Å². The van der Waals surface area contributed by atoms with Crippen LogP contribution >= 0.6 is 0 Å². The molecular formula is C12H12NNa. The smallest absolute Gasteiger partial charge is 0.415 e. The molecule has 0 aliphatic rings. The molecule has 0 aliphatic heterocycles. The van der Waals surface area contributed by atoms with Crippen molar-refractivity contribution < 1.29 is 29.6 Å². The van der Waals surface area contributed by atoms with Gasteiger partial charge >= 0.3 is 29.6 Å². The Morgan fingerprint density at radius 3 is 2.50 bits per heavy atom. The molecule has 14 heavy (non-hydrogen) atoms. The van der Waals surface area contributed by atoms with E-state index in [1.807, 2.05) is 12.1 Å². The minimum absolute atomic E-state index is 0. The molecule has 1 nitrogen and oxygen atoms in total. The van der Waals surface area contributed by atoms with Crippen molar-refractivity contribution >= 4 is 16.5 Å². The van der Waals surface area contributed by atoms with Crippen LogP contribution in [-0.2, 0) is 0 Å². The van der Waals surface area contributed by atoms with E-state index in [9.17, 15) is 0 Å². The Labute approximate surface area is 107 Å². The molecule has 0 saturated heterocycles. The third-order valence-corrected chi connectivity index (χ3v) is 2.16. The number of rotatable bonds is 1. The normalized spacial score (nSPS) is 9.57.